The van der Waals surface area contributed by atoms with Crippen LogP contribution in [0.4, 0.5) is 5.69 Å². The summed E-state index contributed by atoms with van der Waals surface area (Å²) in [5, 5.41) is 8.13. The lowest BCUT2D eigenvalue weighted by Gasteiger charge is -2.09. The van der Waals surface area contributed by atoms with Crippen LogP contribution in [0.5, 0.6) is 0 Å². The van der Waals surface area contributed by atoms with Crippen molar-refractivity contribution in [2.45, 2.75) is 4.90 Å². The summed E-state index contributed by atoms with van der Waals surface area (Å²) >= 11 is 0. The maximum atomic E-state index is 12.3. The lowest BCUT2D eigenvalue weighted by Crippen LogP contribution is -2.17. The number of primary sulfonamides is 1. The van der Waals surface area contributed by atoms with E-state index < -0.39 is 20.0 Å². The molecule has 0 unspecified atom stereocenters. The Morgan fingerprint density at radius 1 is 0.808 bits per heavy atom. The summed E-state index contributed by atoms with van der Waals surface area (Å²) in [5.74, 6) is 0. The summed E-state index contributed by atoms with van der Waals surface area (Å²) in [6, 6.07) is 18.8. The molecule has 0 aromatic heterocycles. The molecular weight excluding hydrogens is 372 g/mol. The molecule has 0 saturated heterocycles. The van der Waals surface area contributed by atoms with E-state index in [0.717, 1.165) is 16.2 Å². The van der Waals surface area contributed by atoms with E-state index in [1.54, 1.807) is 6.07 Å². The van der Waals surface area contributed by atoms with E-state index in [9.17, 15) is 16.8 Å². The minimum Gasteiger partial charge on any atom is -0.279 e. The number of anilines is 1. The van der Waals surface area contributed by atoms with Crippen LogP contribution in [0.25, 0.3) is 16.8 Å². The van der Waals surface area contributed by atoms with Gasteiger partial charge in [0, 0.05) is 0 Å². The van der Waals surface area contributed by atoms with Crippen molar-refractivity contribution in [1.82, 2.24) is 0 Å². The molecule has 0 aliphatic rings. The average molecular weight is 388 g/mol. The van der Waals surface area contributed by atoms with Crippen LogP contribution >= 0.6 is 0 Å². The number of sulfonamides is 2. The smallest absolute Gasteiger partial charge is 0.255 e. The van der Waals surface area contributed by atoms with E-state index in [1.807, 2.05) is 36.4 Å². The second kappa shape index (κ2) is 6.91. The van der Waals surface area contributed by atoms with Crippen molar-refractivity contribution >= 4 is 42.6 Å². The Labute approximate surface area is 152 Å². The summed E-state index contributed by atoms with van der Waals surface area (Å²) < 4.78 is 49.9. The Morgan fingerprint density at radius 3 is 2.19 bits per heavy atom. The number of para-hydroxylation sites is 1. The normalized spacial score (nSPS) is 12.5. The van der Waals surface area contributed by atoms with Gasteiger partial charge in [-0.2, -0.15) is 0 Å². The molecule has 0 spiro atoms. The van der Waals surface area contributed by atoms with Crippen molar-refractivity contribution in [3.8, 4) is 0 Å². The maximum absolute atomic E-state index is 12.3. The van der Waals surface area contributed by atoms with Crippen molar-refractivity contribution in [3.05, 3.63) is 77.7 Å². The quantitative estimate of drug-likeness (QED) is 0.701. The predicted octanol–water partition coefficient (Wildman–Crippen LogP) is 2.90. The van der Waals surface area contributed by atoms with Crippen LogP contribution < -0.4 is 9.86 Å². The topological polar surface area (TPSA) is 106 Å². The van der Waals surface area contributed by atoms with Crippen LogP contribution in [-0.4, -0.2) is 16.8 Å². The fourth-order valence-corrected chi connectivity index (χ4v) is 4.11. The second-order valence-electron chi connectivity index (χ2n) is 5.60. The third-order valence-electron chi connectivity index (χ3n) is 3.66. The lowest BCUT2D eigenvalue weighted by molar-refractivity contribution is 0.598. The molecule has 0 amide bonds. The first-order valence-electron chi connectivity index (χ1n) is 7.56. The van der Waals surface area contributed by atoms with Gasteiger partial charge in [0.15, 0.2) is 0 Å². The highest BCUT2D eigenvalue weighted by molar-refractivity contribution is 7.95. The van der Waals surface area contributed by atoms with Crippen LogP contribution in [0, 0.1) is 0 Å². The first kappa shape index (κ1) is 18.1. The van der Waals surface area contributed by atoms with Crippen LogP contribution in [0.1, 0.15) is 5.56 Å². The molecule has 0 aliphatic heterocycles. The summed E-state index contributed by atoms with van der Waals surface area (Å²) in [6.45, 7) is 0. The largest absolute Gasteiger partial charge is 0.279 e. The molecule has 0 radical (unpaired) electrons. The van der Waals surface area contributed by atoms with E-state index in [4.69, 9.17) is 5.14 Å². The number of hydrogen-bond acceptors (Lipinski definition) is 4. The predicted molar refractivity (Wildman–Crippen MR) is 103 cm³/mol. The van der Waals surface area contributed by atoms with Gasteiger partial charge in [-0.25, -0.2) is 22.0 Å². The lowest BCUT2D eigenvalue weighted by atomic mass is 10.1. The highest BCUT2D eigenvalue weighted by Gasteiger charge is 2.16. The Kier molecular flexibility index (Phi) is 4.82. The molecule has 0 bridgehead atoms. The molecule has 134 valence electrons. The van der Waals surface area contributed by atoms with Crippen molar-refractivity contribution in [3.63, 3.8) is 0 Å². The second-order valence-corrected chi connectivity index (χ2v) is 8.69. The molecule has 0 fully saturated rings. The summed E-state index contributed by atoms with van der Waals surface area (Å²) in [4.78, 5) is -0.289. The highest BCUT2D eigenvalue weighted by Crippen LogP contribution is 2.21. The van der Waals surface area contributed by atoms with Gasteiger partial charge in [-0.1, -0.05) is 48.5 Å². The fourth-order valence-electron chi connectivity index (χ4n) is 2.47. The van der Waals surface area contributed by atoms with Crippen LogP contribution in [0.3, 0.4) is 0 Å². The third-order valence-corrected chi connectivity index (χ3v) is 5.63. The van der Waals surface area contributed by atoms with Crippen LogP contribution in [0.15, 0.2) is 77.0 Å². The van der Waals surface area contributed by atoms with E-state index in [2.05, 4.69) is 4.72 Å². The molecule has 0 saturated carbocycles. The Morgan fingerprint density at radius 2 is 1.46 bits per heavy atom. The molecule has 3 rings (SSSR count). The number of hydrogen-bond donors (Lipinski definition) is 2. The molecule has 8 heteroatoms. The van der Waals surface area contributed by atoms with Gasteiger partial charge in [0.05, 0.1) is 11.1 Å². The van der Waals surface area contributed by atoms with Crippen molar-refractivity contribution < 1.29 is 16.8 Å². The van der Waals surface area contributed by atoms with Gasteiger partial charge in [0.2, 0.25) is 10.0 Å². The van der Waals surface area contributed by atoms with Gasteiger partial charge >= 0.3 is 0 Å². The van der Waals surface area contributed by atoms with E-state index in [0.29, 0.717) is 5.56 Å². The van der Waals surface area contributed by atoms with Crippen LogP contribution in [-0.2, 0) is 20.0 Å². The maximum Gasteiger partial charge on any atom is 0.255 e. The molecular formula is C18H16N2O4S2. The van der Waals surface area contributed by atoms with E-state index >= 15 is 0 Å². The van der Waals surface area contributed by atoms with Gasteiger partial charge in [0.25, 0.3) is 10.0 Å². The molecule has 0 heterocycles. The van der Waals surface area contributed by atoms with Crippen LogP contribution in [0.2, 0.25) is 0 Å². The van der Waals surface area contributed by atoms with Crippen molar-refractivity contribution in [2.75, 3.05) is 4.72 Å². The molecule has 3 N–H and O–H groups in total. The first-order chi connectivity index (χ1) is 12.2. The van der Waals surface area contributed by atoms with E-state index in [1.165, 1.54) is 30.3 Å². The number of nitrogens with two attached hydrogens (primary N) is 1. The number of nitrogens with one attached hydrogen (secondary N) is 1. The third kappa shape index (κ3) is 4.29. The van der Waals surface area contributed by atoms with Gasteiger partial charge in [-0.15, -0.1) is 0 Å². The summed E-state index contributed by atoms with van der Waals surface area (Å²) in [6.07, 6.45) is 1.44. The SMILES string of the molecule is NS(=O)(=O)c1ccccc1NS(=O)(=O)C=Cc1ccc2ccccc2c1. The molecule has 26 heavy (non-hydrogen) atoms. The Bertz CT molecular complexity index is 1200. The molecule has 3 aromatic rings. The fraction of sp³-hybridized carbons (Fsp3) is 0. The molecule has 3 aromatic carbocycles. The monoisotopic (exact) mass is 388 g/mol. The minimum atomic E-state index is -4.05. The molecule has 6 nitrogen and oxygen atoms in total. The number of benzene rings is 3. The zero-order chi connectivity index (χ0) is 18.8. The summed E-state index contributed by atoms with van der Waals surface area (Å²) in [7, 11) is -7.97. The van der Waals surface area contributed by atoms with Gasteiger partial charge in [-0.3, -0.25) is 4.72 Å². The number of rotatable bonds is 5. The zero-order valence-corrected chi connectivity index (χ0v) is 15.2. The minimum absolute atomic E-state index is 0.0989. The van der Waals surface area contributed by atoms with E-state index in [-0.39, 0.29) is 10.6 Å². The average Bonchev–Trinajstić information content (AvgIpc) is 2.59. The molecule has 0 aliphatic carbocycles. The highest BCUT2D eigenvalue weighted by atomic mass is 32.2. The van der Waals surface area contributed by atoms with Gasteiger partial charge in [-0.05, 0) is 40.6 Å². The zero-order valence-electron chi connectivity index (χ0n) is 13.5. The molecule has 0 atom stereocenters. The first-order valence-corrected chi connectivity index (χ1v) is 10.7. The number of fused-ring (bicyclic) bond motifs is 1. The standard InChI is InChI=1S/C18H16N2O4S2/c19-26(23,24)18-8-4-3-7-17(18)20-25(21,22)12-11-14-9-10-15-5-1-2-6-16(15)13-14/h1-13,20H,(H2,19,23,24). The van der Waals surface area contributed by atoms with Crippen molar-refractivity contribution in [2.24, 2.45) is 5.14 Å². The van der Waals surface area contributed by atoms with Gasteiger partial charge in [0.1, 0.15) is 4.90 Å². The summed E-state index contributed by atoms with van der Waals surface area (Å²) in [5.41, 5.74) is 0.604. The van der Waals surface area contributed by atoms with Gasteiger partial charge < -0.3 is 0 Å². The Hall–Kier alpha value is -2.68. The Balaban J connectivity index is 1.88. The van der Waals surface area contributed by atoms with Crippen molar-refractivity contribution in [1.29, 1.82) is 0 Å².